The van der Waals surface area contributed by atoms with Gasteiger partial charge in [-0.25, -0.2) is 9.69 Å². The van der Waals surface area contributed by atoms with Gasteiger partial charge in [-0.2, -0.15) is 0 Å². The number of imide groups is 2. The molecule has 0 aliphatic carbocycles. The van der Waals surface area contributed by atoms with Gasteiger partial charge in [0.05, 0.1) is 17.3 Å². The molecule has 0 saturated carbocycles. The molecule has 1 aliphatic rings. The predicted molar refractivity (Wildman–Crippen MR) is 143 cm³/mol. The molecule has 0 spiro atoms. The number of hydrogen-bond acceptors (Lipinski definition) is 5. The molecule has 1 aliphatic heterocycles. The number of rotatable bonds is 7. The molecular weight excluding hydrogens is 515 g/mol. The number of aryl methyl sites for hydroxylation is 2. The Morgan fingerprint density at radius 2 is 1.59 bits per heavy atom. The molecule has 7 nitrogen and oxygen atoms in total. The van der Waals surface area contributed by atoms with Crippen molar-refractivity contribution in [2.75, 3.05) is 11.5 Å². The van der Waals surface area contributed by atoms with Crippen LogP contribution in [0.4, 0.5) is 10.5 Å². The highest BCUT2D eigenvalue weighted by atomic mass is 35.5. The Kier molecular flexibility index (Phi) is 7.86. The fourth-order valence-corrected chi connectivity index (χ4v) is 4.35. The maximum atomic E-state index is 13.3. The number of carbonyl (C=O) groups excluding carboxylic acids is 3. The van der Waals surface area contributed by atoms with E-state index in [1.807, 2.05) is 39.0 Å². The Labute approximate surface area is 224 Å². The first-order valence-corrected chi connectivity index (χ1v) is 12.2. The van der Waals surface area contributed by atoms with Crippen LogP contribution in [0, 0.1) is 13.8 Å². The van der Waals surface area contributed by atoms with Gasteiger partial charge in [-0.1, -0.05) is 41.4 Å². The molecule has 0 radical (unpaired) electrons. The number of nitrogens with one attached hydrogen (secondary N) is 1. The van der Waals surface area contributed by atoms with Crippen LogP contribution < -0.4 is 19.7 Å². The van der Waals surface area contributed by atoms with Crippen molar-refractivity contribution < 1.29 is 23.9 Å². The van der Waals surface area contributed by atoms with E-state index < -0.39 is 17.8 Å². The lowest BCUT2D eigenvalue weighted by atomic mass is 10.0. The third kappa shape index (κ3) is 5.96. The summed E-state index contributed by atoms with van der Waals surface area (Å²) in [6.07, 6.45) is 1.37. The number of anilines is 1. The summed E-state index contributed by atoms with van der Waals surface area (Å²) in [6.45, 7) is 6.10. The first-order chi connectivity index (χ1) is 17.7. The van der Waals surface area contributed by atoms with E-state index in [1.54, 1.807) is 36.4 Å². The molecular formula is C28H24Cl2N2O5. The molecule has 4 rings (SSSR count). The molecule has 0 atom stereocenters. The van der Waals surface area contributed by atoms with Crippen LogP contribution in [0.15, 0.2) is 60.2 Å². The average Bonchev–Trinajstić information content (AvgIpc) is 2.82. The van der Waals surface area contributed by atoms with Crippen molar-refractivity contribution in [3.63, 3.8) is 0 Å². The van der Waals surface area contributed by atoms with Gasteiger partial charge in [0.2, 0.25) is 0 Å². The van der Waals surface area contributed by atoms with Crippen LogP contribution in [0.25, 0.3) is 6.08 Å². The lowest BCUT2D eigenvalue weighted by Gasteiger charge is -2.27. The van der Waals surface area contributed by atoms with Gasteiger partial charge in [0.15, 0.2) is 11.5 Å². The van der Waals surface area contributed by atoms with Crippen molar-refractivity contribution >= 4 is 52.8 Å². The average molecular weight is 539 g/mol. The smallest absolute Gasteiger partial charge is 0.335 e. The second-order valence-corrected chi connectivity index (χ2v) is 9.33. The molecule has 3 aromatic carbocycles. The zero-order valence-corrected chi connectivity index (χ0v) is 21.9. The van der Waals surface area contributed by atoms with E-state index >= 15 is 0 Å². The van der Waals surface area contributed by atoms with E-state index in [9.17, 15) is 14.4 Å². The number of benzene rings is 3. The minimum atomic E-state index is -0.809. The summed E-state index contributed by atoms with van der Waals surface area (Å²) in [5.41, 5.74) is 3.22. The molecule has 4 amide bonds. The van der Waals surface area contributed by atoms with E-state index in [0.717, 1.165) is 21.6 Å². The first kappa shape index (κ1) is 26.3. The van der Waals surface area contributed by atoms with E-state index in [0.29, 0.717) is 34.4 Å². The zero-order chi connectivity index (χ0) is 26.7. The molecule has 1 saturated heterocycles. The van der Waals surface area contributed by atoms with E-state index in [1.165, 1.54) is 6.08 Å². The fourth-order valence-electron chi connectivity index (χ4n) is 3.95. The quantitative estimate of drug-likeness (QED) is 0.283. The van der Waals surface area contributed by atoms with Crippen LogP contribution in [-0.2, 0) is 16.2 Å². The minimum absolute atomic E-state index is 0.216. The van der Waals surface area contributed by atoms with Gasteiger partial charge in [-0.15, -0.1) is 0 Å². The molecule has 9 heteroatoms. The van der Waals surface area contributed by atoms with Crippen LogP contribution in [0.3, 0.4) is 0 Å². The normalized spacial score (nSPS) is 14.7. The number of hydrogen-bond donors (Lipinski definition) is 1. The summed E-state index contributed by atoms with van der Waals surface area (Å²) >= 11 is 12.5. The van der Waals surface area contributed by atoms with Crippen molar-refractivity contribution in [1.29, 1.82) is 0 Å². The van der Waals surface area contributed by atoms with Crippen molar-refractivity contribution in [3.05, 3.63) is 92.5 Å². The number of barbiturate groups is 1. The Morgan fingerprint density at radius 3 is 2.24 bits per heavy atom. The number of nitrogens with zero attached hydrogens (tertiary/aromatic N) is 1. The predicted octanol–water partition coefficient (Wildman–Crippen LogP) is 6.25. The Balaban J connectivity index is 1.67. The maximum absolute atomic E-state index is 13.3. The summed E-state index contributed by atoms with van der Waals surface area (Å²) in [5.74, 6) is -0.863. The Hall–Kier alpha value is -3.81. The van der Waals surface area contributed by atoms with E-state index in [2.05, 4.69) is 5.32 Å². The number of halogens is 2. The third-order valence-electron chi connectivity index (χ3n) is 5.51. The zero-order valence-electron chi connectivity index (χ0n) is 20.4. The van der Waals surface area contributed by atoms with Gasteiger partial charge in [0.25, 0.3) is 11.8 Å². The number of carbonyl (C=O) groups is 3. The third-order valence-corrected chi connectivity index (χ3v) is 6.04. The maximum Gasteiger partial charge on any atom is 0.335 e. The van der Waals surface area contributed by atoms with Gasteiger partial charge in [0.1, 0.15) is 12.2 Å². The van der Waals surface area contributed by atoms with Crippen LogP contribution >= 0.6 is 23.2 Å². The summed E-state index contributed by atoms with van der Waals surface area (Å²) in [7, 11) is 0. The molecule has 0 aromatic heterocycles. The van der Waals surface area contributed by atoms with Crippen molar-refractivity contribution in [2.24, 2.45) is 0 Å². The molecule has 1 fully saturated rings. The SMILES string of the molecule is CCOc1cc(/C=C2\C(=O)NC(=O)N(c3cc(C)cc(C)c3)C2=O)cc(Cl)c1OCc1ccc(Cl)cc1. The highest BCUT2D eigenvalue weighted by Crippen LogP contribution is 2.38. The summed E-state index contributed by atoms with van der Waals surface area (Å²) in [6, 6.07) is 14.9. The monoisotopic (exact) mass is 538 g/mol. The number of ether oxygens (including phenoxy) is 2. The first-order valence-electron chi connectivity index (χ1n) is 11.5. The standard InChI is InChI=1S/C28H24Cl2N2O5/c1-4-36-24-14-19(13-23(30)25(24)37-15-18-5-7-20(29)8-6-18)12-22-26(33)31-28(35)32(27(22)34)21-10-16(2)9-17(3)11-21/h5-14H,4,15H2,1-3H3,(H,31,33,35)/b22-12+. The van der Waals surface area contributed by atoms with Crippen molar-refractivity contribution in [1.82, 2.24) is 5.32 Å². The van der Waals surface area contributed by atoms with Gasteiger partial charge in [-0.05, 0) is 85.5 Å². The molecule has 1 heterocycles. The van der Waals surface area contributed by atoms with Crippen LogP contribution in [0.5, 0.6) is 11.5 Å². The molecule has 0 bridgehead atoms. The van der Waals surface area contributed by atoms with Gasteiger partial charge < -0.3 is 9.47 Å². The molecule has 190 valence electrons. The molecule has 1 N–H and O–H groups in total. The van der Waals surface area contributed by atoms with Gasteiger partial charge >= 0.3 is 6.03 Å². The lowest BCUT2D eigenvalue weighted by Crippen LogP contribution is -2.54. The molecule has 0 unspecified atom stereocenters. The van der Waals surface area contributed by atoms with E-state index in [4.69, 9.17) is 32.7 Å². The topological polar surface area (TPSA) is 84.9 Å². The van der Waals surface area contributed by atoms with E-state index in [-0.39, 0.29) is 17.2 Å². The largest absolute Gasteiger partial charge is 0.490 e. The Bertz CT molecular complexity index is 1400. The number of urea groups is 1. The van der Waals surface area contributed by atoms with Crippen molar-refractivity contribution in [3.8, 4) is 11.5 Å². The fraction of sp³-hybridized carbons (Fsp3) is 0.179. The summed E-state index contributed by atoms with van der Waals surface area (Å²) in [4.78, 5) is 39.4. The second-order valence-electron chi connectivity index (χ2n) is 8.48. The van der Waals surface area contributed by atoms with Crippen LogP contribution in [0.2, 0.25) is 10.0 Å². The highest BCUT2D eigenvalue weighted by molar-refractivity contribution is 6.39. The summed E-state index contributed by atoms with van der Waals surface area (Å²) in [5, 5.41) is 3.09. The highest BCUT2D eigenvalue weighted by Gasteiger charge is 2.37. The van der Waals surface area contributed by atoms with Crippen LogP contribution in [-0.4, -0.2) is 24.5 Å². The van der Waals surface area contributed by atoms with Crippen molar-refractivity contribution in [2.45, 2.75) is 27.4 Å². The molecule has 3 aromatic rings. The minimum Gasteiger partial charge on any atom is -0.490 e. The Morgan fingerprint density at radius 1 is 0.919 bits per heavy atom. The lowest BCUT2D eigenvalue weighted by molar-refractivity contribution is -0.122. The molecule has 37 heavy (non-hydrogen) atoms. The number of amides is 4. The van der Waals surface area contributed by atoms with Crippen LogP contribution in [0.1, 0.15) is 29.2 Å². The van der Waals surface area contributed by atoms with Gasteiger partial charge in [0, 0.05) is 5.02 Å². The van der Waals surface area contributed by atoms with Gasteiger partial charge in [-0.3, -0.25) is 14.9 Å². The second kappa shape index (κ2) is 11.1. The summed E-state index contributed by atoms with van der Waals surface area (Å²) < 4.78 is 11.7.